The van der Waals surface area contributed by atoms with E-state index in [2.05, 4.69) is 0 Å². The van der Waals surface area contributed by atoms with Crippen molar-refractivity contribution in [3.8, 4) is 0 Å². The van der Waals surface area contributed by atoms with Gasteiger partial charge in [-0.15, -0.1) is 0 Å². The lowest BCUT2D eigenvalue weighted by molar-refractivity contribution is -0.130. The number of carbonyl (C=O) groups is 1. The van der Waals surface area contributed by atoms with Crippen LogP contribution in [0.4, 0.5) is 10.1 Å². The van der Waals surface area contributed by atoms with E-state index in [4.69, 9.17) is 11.6 Å². The van der Waals surface area contributed by atoms with E-state index >= 15 is 0 Å². The van der Waals surface area contributed by atoms with E-state index in [1.807, 2.05) is 0 Å². The highest BCUT2D eigenvalue weighted by molar-refractivity contribution is 7.92. The van der Waals surface area contributed by atoms with E-state index in [0.29, 0.717) is 0 Å². The summed E-state index contributed by atoms with van der Waals surface area (Å²) in [4.78, 5) is 14.0. The maximum Gasteiger partial charge on any atom is 0.243 e. The first-order valence-corrected chi connectivity index (χ1v) is 9.61. The van der Waals surface area contributed by atoms with Crippen molar-refractivity contribution >= 4 is 33.2 Å². The van der Waals surface area contributed by atoms with Gasteiger partial charge in [0.05, 0.1) is 17.0 Å². The summed E-state index contributed by atoms with van der Waals surface area (Å²) in [7, 11) is -2.00. The zero-order valence-corrected chi connectivity index (χ0v) is 14.7. The van der Waals surface area contributed by atoms with E-state index in [0.717, 1.165) is 42.3 Å². The number of rotatable bonds is 5. The number of hydrogen-bond acceptors (Lipinski definition) is 3. The minimum Gasteiger partial charge on any atom is -0.341 e. The van der Waals surface area contributed by atoms with Gasteiger partial charge in [-0.1, -0.05) is 24.4 Å². The van der Waals surface area contributed by atoms with Gasteiger partial charge in [-0.3, -0.25) is 9.10 Å². The first-order valence-electron chi connectivity index (χ1n) is 7.38. The molecule has 0 N–H and O–H groups in total. The van der Waals surface area contributed by atoms with Crippen molar-refractivity contribution in [1.29, 1.82) is 0 Å². The van der Waals surface area contributed by atoms with Gasteiger partial charge < -0.3 is 4.90 Å². The summed E-state index contributed by atoms with van der Waals surface area (Å²) in [5.41, 5.74) is 0.173. The van der Waals surface area contributed by atoms with Gasteiger partial charge in [-0.05, 0) is 31.0 Å². The average molecular weight is 363 g/mol. The molecule has 1 aromatic rings. The zero-order valence-electron chi connectivity index (χ0n) is 13.1. The largest absolute Gasteiger partial charge is 0.341 e. The van der Waals surface area contributed by atoms with Crippen molar-refractivity contribution in [2.24, 2.45) is 0 Å². The summed E-state index contributed by atoms with van der Waals surface area (Å²) in [6, 6.07) is 3.74. The van der Waals surface area contributed by atoms with E-state index < -0.39 is 15.8 Å². The van der Waals surface area contributed by atoms with Crippen molar-refractivity contribution in [2.75, 3.05) is 24.2 Å². The maximum absolute atomic E-state index is 13.3. The van der Waals surface area contributed by atoms with Gasteiger partial charge in [0.1, 0.15) is 12.4 Å². The molecule has 1 amide bonds. The summed E-state index contributed by atoms with van der Waals surface area (Å²) in [5.74, 6) is -0.930. The Morgan fingerprint density at radius 2 is 1.96 bits per heavy atom. The quantitative estimate of drug-likeness (QED) is 0.809. The third kappa shape index (κ3) is 4.35. The smallest absolute Gasteiger partial charge is 0.243 e. The summed E-state index contributed by atoms with van der Waals surface area (Å²) in [6.45, 7) is -0.326. The van der Waals surface area contributed by atoms with Gasteiger partial charge in [-0.25, -0.2) is 12.8 Å². The molecule has 23 heavy (non-hydrogen) atoms. The Morgan fingerprint density at radius 1 is 1.35 bits per heavy atom. The van der Waals surface area contributed by atoms with E-state index in [9.17, 15) is 17.6 Å². The van der Waals surface area contributed by atoms with Gasteiger partial charge in [0.15, 0.2) is 0 Å². The molecule has 0 heterocycles. The van der Waals surface area contributed by atoms with Gasteiger partial charge >= 0.3 is 0 Å². The van der Waals surface area contributed by atoms with Crippen LogP contribution in [0.25, 0.3) is 0 Å². The van der Waals surface area contributed by atoms with Crippen molar-refractivity contribution in [1.82, 2.24) is 4.90 Å². The highest BCUT2D eigenvalue weighted by atomic mass is 35.5. The minimum absolute atomic E-state index is 0.153. The number of hydrogen-bond donors (Lipinski definition) is 0. The summed E-state index contributed by atoms with van der Waals surface area (Å²) >= 11 is 5.72. The molecule has 0 radical (unpaired) electrons. The Morgan fingerprint density at radius 3 is 2.48 bits per heavy atom. The molecular weight excluding hydrogens is 343 g/mol. The molecule has 1 aromatic carbocycles. The van der Waals surface area contributed by atoms with E-state index in [1.165, 1.54) is 12.1 Å². The number of likely N-dealkylation sites (N-methyl/N-ethyl adjacent to an activating group) is 1. The zero-order chi connectivity index (χ0) is 17.2. The molecule has 0 saturated heterocycles. The van der Waals surface area contributed by atoms with Crippen LogP contribution in [0.15, 0.2) is 18.2 Å². The molecule has 1 saturated carbocycles. The maximum atomic E-state index is 13.3. The van der Waals surface area contributed by atoms with E-state index in [-0.39, 0.29) is 29.2 Å². The molecule has 2 rings (SSSR count). The molecule has 0 aromatic heterocycles. The molecule has 128 valence electrons. The number of benzene rings is 1. The Labute approximate surface area is 141 Å². The van der Waals surface area contributed by atoms with Gasteiger partial charge in [0, 0.05) is 13.1 Å². The Hall–Kier alpha value is -1.34. The third-order valence-electron chi connectivity index (χ3n) is 4.14. The standard InChI is InChI=1S/C15H20ClFN2O3S/c1-18(11-5-3-4-6-11)15(20)10-19(23(2,21)22)12-7-8-14(17)13(16)9-12/h7-9,11H,3-6,10H2,1-2H3. The molecule has 0 bridgehead atoms. The number of sulfonamides is 1. The second-order valence-electron chi connectivity index (χ2n) is 5.81. The Bertz CT molecular complexity index is 690. The van der Waals surface area contributed by atoms with Crippen molar-refractivity contribution in [3.63, 3.8) is 0 Å². The lowest BCUT2D eigenvalue weighted by Crippen LogP contribution is -2.44. The molecule has 0 atom stereocenters. The van der Waals surface area contributed by atoms with Gasteiger partial charge in [0.2, 0.25) is 15.9 Å². The molecule has 1 aliphatic rings. The number of carbonyl (C=O) groups excluding carboxylic acids is 1. The van der Waals surface area contributed by atoms with Crippen LogP contribution in [0.3, 0.4) is 0 Å². The van der Waals surface area contributed by atoms with Crippen LogP contribution in [0, 0.1) is 5.82 Å². The highest BCUT2D eigenvalue weighted by Gasteiger charge is 2.28. The topological polar surface area (TPSA) is 57.7 Å². The molecule has 1 aliphatic carbocycles. The average Bonchev–Trinajstić information content (AvgIpc) is 2.99. The fraction of sp³-hybridized carbons (Fsp3) is 0.533. The monoisotopic (exact) mass is 362 g/mol. The van der Waals surface area contributed by atoms with Crippen LogP contribution in [-0.2, 0) is 14.8 Å². The van der Waals surface area contributed by atoms with Gasteiger partial charge in [-0.2, -0.15) is 0 Å². The fourth-order valence-corrected chi connectivity index (χ4v) is 3.79. The first-order chi connectivity index (χ1) is 10.7. The number of amides is 1. The van der Waals surface area contributed by atoms with Crippen LogP contribution < -0.4 is 4.31 Å². The number of halogens is 2. The Balaban J connectivity index is 2.22. The fourth-order valence-electron chi connectivity index (χ4n) is 2.77. The highest BCUT2D eigenvalue weighted by Crippen LogP contribution is 2.26. The minimum atomic E-state index is -3.69. The molecular formula is C15H20ClFN2O3S. The predicted octanol–water partition coefficient (Wildman–Crippen LogP) is 2.65. The van der Waals surface area contributed by atoms with Crippen molar-refractivity contribution in [2.45, 2.75) is 31.7 Å². The predicted molar refractivity (Wildman–Crippen MR) is 88.6 cm³/mol. The van der Waals surface area contributed by atoms with Crippen molar-refractivity contribution in [3.05, 3.63) is 29.0 Å². The molecule has 8 heteroatoms. The van der Waals surface area contributed by atoms with Crippen LogP contribution in [0.2, 0.25) is 5.02 Å². The van der Waals surface area contributed by atoms with Gasteiger partial charge in [0.25, 0.3) is 0 Å². The molecule has 0 aliphatic heterocycles. The first kappa shape index (κ1) is 18.0. The molecule has 0 unspecified atom stereocenters. The van der Waals surface area contributed by atoms with Crippen LogP contribution in [0.5, 0.6) is 0 Å². The molecule has 1 fully saturated rings. The summed E-state index contributed by atoms with van der Waals surface area (Å²) < 4.78 is 38.3. The molecule has 0 spiro atoms. The SMILES string of the molecule is CN(C(=O)CN(c1ccc(F)c(Cl)c1)S(C)(=O)=O)C1CCCC1. The van der Waals surface area contributed by atoms with Crippen LogP contribution >= 0.6 is 11.6 Å². The van der Waals surface area contributed by atoms with Crippen LogP contribution in [-0.4, -0.2) is 45.1 Å². The second kappa shape index (κ2) is 7.05. The summed E-state index contributed by atoms with van der Waals surface area (Å²) in [5, 5.41) is -0.187. The Kier molecular flexibility index (Phi) is 5.52. The third-order valence-corrected chi connectivity index (χ3v) is 5.57. The summed E-state index contributed by atoms with van der Waals surface area (Å²) in [6.07, 6.45) is 5.03. The van der Waals surface area contributed by atoms with E-state index in [1.54, 1.807) is 11.9 Å². The number of nitrogens with zero attached hydrogens (tertiary/aromatic N) is 2. The lowest BCUT2D eigenvalue weighted by Gasteiger charge is -2.28. The van der Waals surface area contributed by atoms with Crippen molar-refractivity contribution < 1.29 is 17.6 Å². The second-order valence-corrected chi connectivity index (χ2v) is 8.12. The lowest BCUT2D eigenvalue weighted by atomic mass is 10.2. The normalized spacial score (nSPS) is 15.7. The molecule has 5 nitrogen and oxygen atoms in total. The number of anilines is 1. The van der Waals surface area contributed by atoms with Crippen LogP contribution in [0.1, 0.15) is 25.7 Å².